The van der Waals surface area contributed by atoms with Crippen LogP contribution in [0.4, 0.5) is 17.1 Å². The Morgan fingerprint density at radius 1 is 0.970 bits per heavy atom. The van der Waals surface area contributed by atoms with Crippen molar-refractivity contribution in [3.05, 3.63) is 66.7 Å². The van der Waals surface area contributed by atoms with Crippen molar-refractivity contribution in [1.82, 2.24) is 14.6 Å². The van der Waals surface area contributed by atoms with E-state index in [0.717, 1.165) is 51.4 Å². The maximum Gasteiger partial charge on any atom is 0.142 e. The lowest BCUT2D eigenvalue weighted by molar-refractivity contribution is 0.235. The van der Waals surface area contributed by atoms with Crippen molar-refractivity contribution in [3.63, 3.8) is 0 Å². The van der Waals surface area contributed by atoms with E-state index in [4.69, 9.17) is 4.74 Å². The van der Waals surface area contributed by atoms with Crippen molar-refractivity contribution < 1.29 is 4.74 Å². The third kappa shape index (κ3) is 4.13. The molecule has 1 atom stereocenters. The van der Waals surface area contributed by atoms with E-state index in [0.29, 0.717) is 6.04 Å². The van der Waals surface area contributed by atoms with Crippen LogP contribution in [0.3, 0.4) is 0 Å². The van der Waals surface area contributed by atoms with Crippen molar-refractivity contribution in [2.45, 2.75) is 25.9 Å². The SMILES string of the molecule is CCC(CN1CCN(c2ccccc2OC)CC1)N1Cc2cccn2N(C)c2ccncc21. The number of benzene rings is 1. The first-order chi connectivity index (χ1) is 16.2. The summed E-state index contributed by atoms with van der Waals surface area (Å²) in [5.74, 6) is 0.957. The fourth-order valence-electron chi connectivity index (χ4n) is 5.21. The van der Waals surface area contributed by atoms with E-state index < -0.39 is 0 Å². The molecule has 7 heteroatoms. The quantitative estimate of drug-likeness (QED) is 0.575. The van der Waals surface area contributed by atoms with Crippen LogP contribution in [0.25, 0.3) is 0 Å². The maximum absolute atomic E-state index is 5.59. The molecule has 1 aromatic carbocycles. The summed E-state index contributed by atoms with van der Waals surface area (Å²) in [5, 5.41) is 2.23. The number of hydrogen-bond donors (Lipinski definition) is 0. The Morgan fingerprint density at radius 2 is 1.79 bits per heavy atom. The fourth-order valence-corrected chi connectivity index (χ4v) is 5.21. The number of rotatable bonds is 6. The van der Waals surface area contributed by atoms with Gasteiger partial charge in [-0.05, 0) is 36.8 Å². The monoisotopic (exact) mass is 446 g/mol. The largest absolute Gasteiger partial charge is 0.495 e. The number of fused-ring (bicyclic) bond motifs is 2. The maximum atomic E-state index is 5.59. The second kappa shape index (κ2) is 9.35. The Bertz CT molecular complexity index is 1070. The second-order valence-electron chi connectivity index (χ2n) is 8.88. The Hall–Kier alpha value is -3.19. The molecule has 0 aliphatic carbocycles. The van der Waals surface area contributed by atoms with Gasteiger partial charge in [0.15, 0.2) is 0 Å². The molecule has 0 N–H and O–H groups in total. The van der Waals surface area contributed by atoms with Crippen LogP contribution in [0, 0.1) is 0 Å². The molecule has 2 aromatic heterocycles. The summed E-state index contributed by atoms with van der Waals surface area (Å²) in [6, 6.07) is 15.2. The van der Waals surface area contributed by atoms with Gasteiger partial charge in [-0.2, -0.15) is 0 Å². The van der Waals surface area contributed by atoms with Crippen LogP contribution >= 0.6 is 0 Å². The molecule has 2 aliphatic rings. The summed E-state index contributed by atoms with van der Waals surface area (Å²) >= 11 is 0. The van der Waals surface area contributed by atoms with E-state index in [1.165, 1.54) is 22.8 Å². The minimum atomic E-state index is 0.417. The van der Waals surface area contributed by atoms with Gasteiger partial charge in [0.2, 0.25) is 0 Å². The second-order valence-corrected chi connectivity index (χ2v) is 8.88. The van der Waals surface area contributed by atoms with Gasteiger partial charge in [0.1, 0.15) is 5.75 Å². The van der Waals surface area contributed by atoms with Gasteiger partial charge >= 0.3 is 0 Å². The molecule has 3 aromatic rings. The number of nitrogens with zero attached hydrogens (tertiary/aromatic N) is 6. The molecular weight excluding hydrogens is 412 g/mol. The van der Waals surface area contributed by atoms with Crippen LogP contribution < -0.4 is 19.5 Å². The molecule has 2 aliphatic heterocycles. The number of ether oxygens (including phenoxy) is 1. The topological polar surface area (TPSA) is 40.0 Å². The van der Waals surface area contributed by atoms with Crippen molar-refractivity contribution in [2.24, 2.45) is 0 Å². The highest BCUT2D eigenvalue weighted by molar-refractivity contribution is 5.71. The summed E-state index contributed by atoms with van der Waals surface area (Å²) in [7, 11) is 3.88. The average molecular weight is 447 g/mol. The molecule has 0 spiro atoms. The number of anilines is 3. The van der Waals surface area contributed by atoms with Crippen molar-refractivity contribution >= 4 is 17.1 Å². The molecule has 5 rings (SSSR count). The molecule has 33 heavy (non-hydrogen) atoms. The van der Waals surface area contributed by atoms with Crippen molar-refractivity contribution in [1.29, 1.82) is 0 Å². The summed E-state index contributed by atoms with van der Waals surface area (Å²) in [6.07, 6.45) is 7.15. The molecule has 0 amide bonds. The van der Waals surface area contributed by atoms with Gasteiger partial charge in [-0.3, -0.25) is 19.6 Å². The highest BCUT2D eigenvalue weighted by Gasteiger charge is 2.29. The molecular formula is C26H34N6O. The molecule has 7 nitrogen and oxygen atoms in total. The van der Waals surface area contributed by atoms with Crippen LogP contribution in [0.5, 0.6) is 5.75 Å². The number of piperazine rings is 1. The lowest BCUT2D eigenvalue weighted by Gasteiger charge is -2.40. The zero-order chi connectivity index (χ0) is 22.8. The summed E-state index contributed by atoms with van der Waals surface area (Å²) in [5.41, 5.74) is 4.90. The van der Waals surface area contributed by atoms with Gasteiger partial charge < -0.3 is 14.5 Å². The van der Waals surface area contributed by atoms with Gasteiger partial charge in [-0.1, -0.05) is 19.1 Å². The van der Waals surface area contributed by atoms with E-state index in [1.54, 1.807) is 7.11 Å². The summed E-state index contributed by atoms with van der Waals surface area (Å²) < 4.78 is 7.84. The summed E-state index contributed by atoms with van der Waals surface area (Å²) in [4.78, 5) is 12.1. The Labute approximate surface area is 196 Å². The predicted octanol–water partition coefficient (Wildman–Crippen LogP) is 3.71. The van der Waals surface area contributed by atoms with Gasteiger partial charge in [0.05, 0.1) is 42.6 Å². The normalized spacial score (nSPS) is 17.4. The first-order valence-corrected chi connectivity index (χ1v) is 11.9. The molecule has 174 valence electrons. The van der Waals surface area contributed by atoms with E-state index >= 15 is 0 Å². The Morgan fingerprint density at radius 3 is 2.58 bits per heavy atom. The molecule has 1 unspecified atom stereocenters. The standard InChI is InChI=1S/C26H34N6O/c1-4-21(19-29-14-16-30(17-15-29)24-9-5-6-10-26(24)33-3)31-20-22-8-7-13-32(22)28(2)23-11-12-27-18-25(23)31/h5-13,18,21H,4,14-17,19-20H2,1-3H3. The lowest BCUT2D eigenvalue weighted by atomic mass is 10.1. The van der Waals surface area contributed by atoms with Gasteiger partial charge in [-0.25, -0.2) is 0 Å². The molecule has 1 fully saturated rings. The number of hydrogen-bond acceptors (Lipinski definition) is 6. The number of para-hydroxylation sites is 2. The number of aromatic nitrogens is 2. The number of pyridine rings is 1. The van der Waals surface area contributed by atoms with E-state index in [1.807, 2.05) is 24.5 Å². The van der Waals surface area contributed by atoms with Crippen molar-refractivity contribution in [3.8, 4) is 5.75 Å². The zero-order valence-corrected chi connectivity index (χ0v) is 19.9. The Balaban J connectivity index is 1.32. The first kappa shape index (κ1) is 21.6. The van der Waals surface area contributed by atoms with Gasteiger partial charge in [0, 0.05) is 58.2 Å². The molecule has 0 radical (unpaired) electrons. The minimum absolute atomic E-state index is 0.417. The Kier molecular flexibility index (Phi) is 6.13. The highest BCUT2D eigenvalue weighted by Crippen LogP contribution is 2.35. The first-order valence-electron chi connectivity index (χ1n) is 11.9. The van der Waals surface area contributed by atoms with Crippen LogP contribution in [-0.2, 0) is 6.54 Å². The third-order valence-corrected chi connectivity index (χ3v) is 7.08. The van der Waals surface area contributed by atoms with E-state index in [9.17, 15) is 0 Å². The van der Waals surface area contributed by atoms with Crippen LogP contribution in [0.15, 0.2) is 61.1 Å². The number of methoxy groups -OCH3 is 1. The molecule has 4 heterocycles. The molecule has 1 saturated heterocycles. The van der Waals surface area contributed by atoms with Crippen molar-refractivity contribution in [2.75, 3.05) is 61.7 Å². The average Bonchev–Trinajstić information content (AvgIpc) is 3.30. The fraction of sp³-hybridized carbons (Fsp3) is 0.423. The van der Waals surface area contributed by atoms with Crippen LogP contribution in [0.2, 0.25) is 0 Å². The smallest absolute Gasteiger partial charge is 0.142 e. The van der Waals surface area contributed by atoms with Gasteiger partial charge in [-0.15, -0.1) is 0 Å². The summed E-state index contributed by atoms with van der Waals surface area (Å²) in [6.45, 7) is 8.38. The van der Waals surface area contributed by atoms with Crippen LogP contribution in [-0.4, -0.2) is 67.5 Å². The lowest BCUT2D eigenvalue weighted by Crippen LogP contribution is -2.51. The van der Waals surface area contributed by atoms with E-state index in [2.05, 4.69) is 79.9 Å². The van der Waals surface area contributed by atoms with Gasteiger partial charge in [0.25, 0.3) is 0 Å². The van der Waals surface area contributed by atoms with Crippen LogP contribution in [0.1, 0.15) is 19.0 Å². The third-order valence-electron chi connectivity index (χ3n) is 7.08. The predicted molar refractivity (Wildman–Crippen MR) is 134 cm³/mol. The van der Waals surface area contributed by atoms with E-state index in [-0.39, 0.29) is 0 Å². The zero-order valence-electron chi connectivity index (χ0n) is 19.9. The molecule has 0 bridgehead atoms. The highest BCUT2D eigenvalue weighted by atomic mass is 16.5. The molecule has 0 saturated carbocycles. The minimum Gasteiger partial charge on any atom is -0.495 e.